The van der Waals surface area contributed by atoms with E-state index >= 15 is 0 Å². The molecule has 0 radical (unpaired) electrons. The molecule has 1 aromatic rings. The molecule has 0 spiro atoms. The monoisotopic (exact) mass is 272 g/mol. The number of rotatable bonds is 1. The van der Waals surface area contributed by atoms with Gasteiger partial charge in [-0.3, -0.25) is 4.79 Å². The molecule has 1 heterocycles. The van der Waals surface area contributed by atoms with Crippen LogP contribution in [0.5, 0.6) is 0 Å². The first-order valence-electron chi connectivity index (χ1n) is 7.56. The van der Waals surface area contributed by atoms with Gasteiger partial charge in [0.25, 0.3) is 0 Å². The van der Waals surface area contributed by atoms with E-state index in [2.05, 4.69) is 35.0 Å². The minimum Gasteiger partial charge on any atom is -0.378 e. The van der Waals surface area contributed by atoms with Gasteiger partial charge in [0.2, 0.25) is 0 Å². The lowest BCUT2D eigenvalue weighted by atomic mass is 9.81. The maximum atomic E-state index is 12.6. The smallest absolute Gasteiger partial charge is 0.163 e. The largest absolute Gasteiger partial charge is 0.378 e. The number of nitrogens with zero attached hydrogens (tertiary/aromatic N) is 2. The van der Waals surface area contributed by atoms with Crippen molar-refractivity contribution in [3.63, 3.8) is 0 Å². The predicted octanol–water partition coefficient (Wildman–Crippen LogP) is 2.45. The molecule has 0 bridgehead atoms. The maximum Gasteiger partial charge on any atom is 0.163 e. The number of likely N-dealkylation sites (tertiary alicyclic amines) is 1. The lowest BCUT2D eigenvalue weighted by molar-refractivity contribution is 0.0890. The molecule has 1 fully saturated rings. The van der Waals surface area contributed by atoms with Gasteiger partial charge in [-0.25, -0.2) is 0 Å². The Morgan fingerprint density at radius 1 is 1.20 bits per heavy atom. The minimum atomic E-state index is 0.348. The second-order valence-corrected chi connectivity index (χ2v) is 6.64. The molecule has 1 aliphatic heterocycles. The first-order valence-corrected chi connectivity index (χ1v) is 7.56. The number of carbonyl (C=O) groups excluding carboxylic acids is 1. The molecule has 3 nitrogen and oxygen atoms in total. The number of anilines is 1. The number of fused-ring (bicyclic) bond motifs is 2. The topological polar surface area (TPSA) is 23.6 Å². The number of Topliss-reactive ketones (excluding diaryl/α,β-unsaturated/α-hetero) is 1. The van der Waals surface area contributed by atoms with Gasteiger partial charge in [0.15, 0.2) is 5.78 Å². The molecular weight excluding hydrogens is 248 g/mol. The highest BCUT2D eigenvalue weighted by Gasteiger charge is 2.33. The first-order chi connectivity index (χ1) is 9.54. The summed E-state index contributed by atoms with van der Waals surface area (Å²) in [4.78, 5) is 17.1. The van der Waals surface area contributed by atoms with Gasteiger partial charge in [0.05, 0.1) is 0 Å². The van der Waals surface area contributed by atoms with Crippen LogP contribution in [0.1, 0.15) is 28.8 Å². The fourth-order valence-electron chi connectivity index (χ4n) is 3.67. The highest BCUT2D eigenvalue weighted by atomic mass is 16.1. The van der Waals surface area contributed by atoms with Crippen molar-refractivity contribution in [2.75, 3.05) is 39.1 Å². The third-order valence-corrected chi connectivity index (χ3v) is 4.93. The van der Waals surface area contributed by atoms with Gasteiger partial charge in [-0.05, 0) is 56.0 Å². The predicted molar refractivity (Wildman–Crippen MR) is 82.5 cm³/mol. The van der Waals surface area contributed by atoms with E-state index in [0.717, 1.165) is 37.2 Å². The molecule has 0 amide bonds. The molecule has 2 atom stereocenters. The van der Waals surface area contributed by atoms with E-state index in [0.29, 0.717) is 17.6 Å². The fourth-order valence-corrected chi connectivity index (χ4v) is 3.67. The Balaban J connectivity index is 1.94. The van der Waals surface area contributed by atoms with Crippen LogP contribution in [0.2, 0.25) is 0 Å². The quantitative estimate of drug-likeness (QED) is 0.784. The molecule has 1 aromatic carbocycles. The zero-order chi connectivity index (χ0) is 14.3. The van der Waals surface area contributed by atoms with Crippen molar-refractivity contribution in [1.82, 2.24) is 4.90 Å². The van der Waals surface area contributed by atoms with E-state index in [-0.39, 0.29) is 0 Å². The van der Waals surface area contributed by atoms with Crippen LogP contribution in [0.25, 0.3) is 0 Å². The standard InChI is InChI=1S/C17H24N2O/c1-18(2)15-5-4-13-8-14-11-19(3)7-6-12(14)9-17(20)16(13)10-15/h4-5,10,12,14H,6-9,11H2,1-3H3/t12-,14+/m1/s1. The zero-order valence-corrected chi connectivity index (χ0v) is 12.7. The Labute approximate surface area is 121 Å². The number of carbonyl (C=O) groups is 1. The highest BCUT2D eigenvalue weighted by molar-refractivity contribution is 5.99. The van der Waals surface area contributed by atoms with Crippen LogP contribution < -0.4 is 4.90 Å². The summed E-state index contributed by atoms with van der Waals surface area (Å²) in [7, 11) is 6.24. The molecule has 20 heavy (non-hydrogen) atoms. The summed E-state index contributed by atoms with van der Waals surface area (Å²) in [6, 6.07) is 6.39. The number of benzene rings is 1. The van der Waals surface area contributed by atoms with Gasteiger partial charge in [-0.1, -0.05) is 6.07 Å². The molecule has 0 unspecified atom stereocenters. The average Bonchev–Trinajstić information content (AvgIpc) is 2.54. The number of hydrogen-bond donors (Lipinski definition) is 0. The van der Waals surface area contributed by atoms with Crippen molar-refractivity contribution in [3.8, 4) is 0 Å². The Morgan fingerprint density at radius 2 is 2.00 bits per heavy atom. The van der Waals surface area contributed by atoms with Gasteiger partial charge in [-0.2, -0.15) is 0 Å². The Kier molecular flexibility index (Phi) is 3.55. The number of piperidine rings is 1. The van der Waals surface area contributed by atoms with Crippen molar-refractivity contribution >= 4 is 11.5 Å². The van der Waals surface area contributed by atoms with Gasteiger partial charge in [-0.15, -0.1) is 0 Å². The van der Waals surface area contributed by atoms with Gasteiger partial charge in [0.1, 0.15) is 0 Å². The van der Waals surface area contributed by atoms with Gasteiger partial charge >= 0.3 is 0 Å². The SMILES string of the molecule is CN1CC[C@@H]2CC(=O)c3cc(N(C)C)ccc3C[C@H]2C1. The Morgan fingerprint density at radius 3 is 2.75 bits per heavy atom. The van der Waals surface area contributed by atoms with Crippen LogP contribution in [0.15, 0.2) is 18.2 Å². The van der Waals surface area contributed by atoms with Crippen LogP contribution in [0, 0.1) is 11.8 Å². The molecule has 1 saturated heterocycles. The second kappa shape index (κ2) is 5.21. The van der Waals surface area contributed by atoms with Crippen LogP contribution in [0.4, 0.5) is 5.69 Å². The van der Waals surface area contributed by atoms with Crippen molar-refractivity contribution in [2.24, 2.45) is 11.8 Å². The number of ketones is 1. The Bertz CT molecular complexity index is 524. The van der Waals surface area contributed by atoms with Crippen molar-refractivity contribution < 1.29 is 4.79 Å². The van der Waals surface area contributed by atoms with E-state index in [1.54, 1.807) is 0 Å². The van der Waals surface area contributed by atoms with E-state index < -0.39 is 0 Å². The summed E-state index contributed by atoms with van der Waals surface area (Å²) in [6.45, 7) is 2.26. The molecule has 0 N–H and O–H groups in total. The summed E-state index contributed by atoms with van der Waals surface area (Å²) in [5, 5.41) is 0. The van der Waals surface area contributed by atoms with E-state index in [1.165, 1.54) is 12.0 Å². The van der Waals surface area contributed by atoms with E-state index in [4.69, 9.17) is 0 Å². The van der Waals surface area contributed by atoms with Gasteiger partial charge in [0, 0.05) is 38.3 Å². The lowest BCUT2D eigenvalue weighted by Gasteiger charge is -2.35. The Hall–Kier alpha value is -1.35. The third kappa shape index (κ3) is 2.47. The number of hydrogen-bond acceptors (Lipinski definition) is 3. The lowest BCUT2D eigenvalue weighted by Crippen LogP contribution is -2.38. The summed E-state index contributed by atoms with van der Waals surface area (Å²) in [5.74, 6) is 1.57. The van der Waals surface area contributed by atoms with Crippen molar-refractivity contribution in [1.29, 1.82) is 0 Å². The molecule has 2 aliphatic rings. The van der Waals surface area contributed by atoms with Crippen LogP contribution in [-0.4, -0.2) is 44.9 Å². The van der Waals surface area contributed by atoms with E-state index in [1.807, 2.05) is 14.1 Å². The van der Waals surface area contributed by atoms with Crippen LogP contribution >= 0.6 is 0 Å². The second-order valence-electron chi connectivity index (χ2n) is 6.64. The minimum absolute atomic E-state index is 0.348. The van der Waals surface area contributed by atoms with E-state index in [9.17, 15) is 4.79 Å². The summed E-state index contributed by atoms with van der Waals surface area (Å²) < 4.78 is 0. The molecule has 3 heteroatoms. The maximum absolute atomic E-state index is 12.6. The zero-order valence-electron chi connectivity index (χ0n) is 12.7. The van der Waals surface area contributed by atoms with Crippen molar-refractivity contribution in [3.05, 3.63) is 29.3 Å². The van der Waals surface area contributed by atoms with Crippen LogP contribution in [0.3, 0.4) is 0 Å². The highest BCUT2D eigenvalue weighted by Crippen LogP contribution is 2.35. The molecule has 0 aromatic heterocycles. The molecule has 108 valence electrons. The first kappa shape index (κ1) is 13.6. The summed E-state index contributed by atoms with van der Waals surface area (Å²) in [6.07, 6.45) is 2.97. The molecule has 1 aliphatic carbocycles. The molecular formula is C17H24N2O. The average molecular weight is 272 g/mol. The normalized spacial score (nSPS) is 26.6. The summed E-state index contributed by atoms with van der Waals surface area (Å²) >= 11 is 0. The van der Waals surface area contributed by atoms with Crippen molar-refractivity contribution in [2.45, 2.75) is 19.3 Å². The third-order valence-electron chi connectivity index (χ3n) is 4.93. The molecule has 0 saturated carbocycles. The molecule has 3 rings (SSSR count). The fraction of sp³-hybridized carbons (Fsp3) is 0.588. The van der Waals surface area contributed by atoms with Gasteiger partial charge < -0.3 is 9.80 Å². The van der Waals surface area contributed by atoms with Crippen LogP contribution in [-0.2, 0) is 6.42 Å². The summed E-state index contributed by atoms with van der Waals surface area (Å²) in [5.41, 5.74) is 3.34.